The van der Waals surface area contributed by atoms with Crippen molar-refractivity contribution in [2.24, 2.45) is 0 Å². The zero-order valence-corrected chi connectivity index (χ0v) is 12.1. The van der Waals surface area contributed by atoms with Gasteiger partial charge in [-0.15, -0.1) is 0 Å². The second kappa shape index (κ2) is 6.57. The summed E-state index contributed by atoms with van der Waals surface area (Å²) in [5, 5.41) is 9.48. The van der Waals surface area contributed by atoms with Crippen molar-refractivity contribution in [1.29, 1.82) is 5.26 Å². The number of ether oxygens (including phenoxy) is 1. The highest BCUT2D eigenvalue weighted by molar-refractivity contribution is 6.35. The first kappa shape index (κ1) is 15.3. The molecule has 0 unspecified atom stereocenters. The highest BCUT2D eigenvalue weighted by Gasteiger charge is 2.14. The lowest BCUT2D eigenvalue weighted by atomic mass is 10.1. The third-order valence-electron chi connectivity index (χ3n) is 2.67. The summed E-state index contributed by atoms with van der Waals surface area (Å²) in [5.74, 6) is -1.12. The van der Waals surface area contributed by atoms with Gasteiger partial charge in [-0.2, -0.15) is 5.26 Å². The van der Waals surface area contributed by atoms with Crippen LogP contribution in [0.1, 0.15) is 15.9 Å². The summed E-state index contributed by atoms with van der Waals surface area (Å²) in [6.07, 6.45) is 0. The maximum Gasteiger partial charge on any atom is 0.201 e. The van der Waals surface area contributed by atoms with Crippen LogP contribution in [-0.4, -0.2) is 12.4 Å². The van der Waals surface area contributed by atoms with Gasteiger partial charge in [0, 0.05) is 10.6 Å². The molecular formula is C15H8Cl2FNO2. The third kappa shape index (κ3) is 3.52. The van der Waals surface area contributed by atoms with Gasteiger partial charge in [-0.05, 0) is 30.3 Å². The molecule has 0 fully saturated rings. The lowest BCUT2D eigenvalue weighted by molar-refractivity contribution is 0.0921. The summed E-state index contributed by atoms with van der Waals surface area (Å²) < 4.78 is 18.6. The number of hydrogen-bond acceptors (Lipinski definition) is 3. The molecule has 0 aromatic heterocycles. The van der Waals surface area contributed by atoms with Gasteiger partial charge in [0.25, 0.3) is 0 Å². The molecule has 2 aromatic rings. The van der Waals surface area contributed by atoms with Gasteiger partial charge < -0.3 is 4.74 Å². The summed E-state index contributed by atoms with van der Waals surface area (Å²) in [5.41, 5.74) is -0.0402. The van der Waals surface area contributed by atoms with Crippen molar-refractivity contribution in [3.8, 4) is 11.8 Å². The van der Waals surface area contributed by atoms with Gasteiger partial charge in [0.1, 0.15) is 23.2 Å². The molecule has 3 nitrogen and oxygen atoms in total. The summed E-state index contributed by atoms with van der Waals surface area (Å²) in [6.45, 7) is -0.377. The molecule has 0 radical (unpaired) electrons. The lowest BCUT2D eigenvalue weighted by Crippen LogP contribution is -2.13. The molecule has 6 heteroatoms. The van der Waals surface area contributed by atoms with E-state index >= 15 is 0 Å². The average Bonchev–Trinajstić information content (AvgIpc) is 2.47. The first-order valence-corrected chi connectivity index (χ1v) is 6.58. The Morgan fingerprint density at radius 1 is 1.29 bits per heavy atom. The van der Waals surface area contributed by atoms with Gasteiger partial charge in [0.2, 0.25) is 5.78 Å². The van der Waals surface area contributed by atoms with E-state index in [2.05, 4.69) is 0 Å². The van der Waals surface area contributed by atoms with E-state index in [0.717, 1.165) is 6.07 Å². The van der Waals surface area contributed by atoms with Crippen molar-refractivity contribution in [3.63, 3.8) is 0 Å². The molecule has 0 spiro atoms. The van der Waals surface area contributed by atoms with Crippen LogP contribution in [0.3, 0.4) is 0 Å². The second-order valence-corrected chi connectivity index (χ2v) is 4.90. The molecule has 21 heavy (non-hydrogen) atoms. The molecular weight excluding hydrogens is 316 g/mol. The Balaban J connectivity index is 2.17. The van der Waals surface area contributed by atoms with E-state index in [0.29, 0.717) is 5.02 Å². The number of benzene rings is 2. The molecule has 2 rings (SSSR count). The minimum atomic E-state index is -0.705. The van der Waals surface area contributed by atoms with Gasteiger partial charge in [-0.3, -0.25) is 4.79 Å². The van der Waals surface area contributed by atoms with Gasteiger partial charge in [0.05, 0.1) is 5.02 Å². The molecule has 0 saturated carbocycles. The summed E-state index contributed by atoms with van der Waals surface area (Å²) in [7, 11) is 0. The van der Waals surface area contributed by atoms with E-state index in [4.69, 9.17) is 33.2 Å². The Hall–Kier alpha value is -2.09. The van der Waals surface area contributed by atoms with Crippen LogP contribution in [0.25, 0.3) is 0 Å². The fourth-order valence-corrected chi connectivity index (χ4v) is 2.06. The van der Waals surface area contributed by atoms with Gasteiger partial charge in [-0.25, -0.2) is 4.39 Å². The van der Waals surface area contributed by atoms with Crippen LogP contribution in [0, 0.1) is 17.1 Å². The number of carbonyl (C=O) groups excluding carboxylic acids is 1. The van der Waals surface area contributed by atoms with Gasteiger partial charge >= 0.3 is 0 Å². The Labute approximate surface area is 130 Å². The number of ketones is 1. The maximum absolute atomic E-state index is 13.4. The summed E-state index contributed by atoms with van der Waals surface area (Å²) in [6, 6.07) is 10.1. The molecule has 0 atom stereocenters. The molecule has 0 aliphatic heterocycles. The molecule has 2 aromatic carbocycles. The topological polar surface area (TPSA) is 50.1 Å². The zero-order chi connectivity index (χ0) is 15.4. The number of rotatable bonds is 4. The van der Waals surface area contributed by atoms with Crippen molar-refractivity contribution in [2.45, 2.75) is 0 Å². The largest absolute Gasteiger partial charge is 0.484 e. The fourth-order valence-electron chi connectivity index (χ4n) is 1.67. The Morgan fingerprint density at radius 2 is 2.05 bits per heavy atom. The number of Topliss-reactive ketones (excluding diaryl/α,β-unsaturated/α-hetero) is 1. The van der Waals surface area contributed by atoms with Crippen molar-refractivity contribution in [3.05, 3.63) is 63.4 Å². The Bertz CT molecular complexity index is 741. The van der Waals surface area contributed by atoms with Crippen molar-refractivity contribution in [1.82, 2.24) is 0 Å². The van der Waals surface area contributed by atoms with Crippen molar-refractivity contribution >= 4 is 29.0 Å². The standard InChI is InChI=1S/C15H8Cl2FNO2/c16-9-4-5-12(17)10(6-9)14(20)8-21-15-3-1-2-13(18)11(15)7-19/h1-6H,8H2. The monoisotopic (exact) mass is 323 g/mol. The highest BCUT2D eigenvalue weighted by Crippen LogP contribution is 2.23. The zero-order valence-electron chi connectivity index (χ0n) is 10.6. The van der Waals surface area contributed by atoms with E-state index in [1.165, 1.54) is 24.3 Å². The van der Waals surface area contributed by atoms with E-state index in [1.807, 2.05) is 0 Å². The van der Waals surface area contributed by atoms with Crippen LogP contribution < -0.4 is 4.74 Å². The number of halogens is 3. The number of nitriles is 1. The third-order valence-corrected chi connectivity index (χ3v) is 3.24. The number of nitrogens with zero attached hydrogens (tertiary/aromatic N) is 1. The van der Waals surface area contributed by atoms with Gasteiger partial charge in [0.15, 0.2) is 6.61 Å². The smallest absolute Gasteiger partial charge is 0.201 e. The maximum atomic E-state index is 13.4. The van der Waals surface area contributed by atoms with Gasteiger partial charge in [-0.1, -0.05) is 29.3 Å². The highest BCUT2D eigenvalue weighted by atomic mass is 35.5. The van der Waals surface area contributed by atoms with Crippen LogP contribution in [0.15, 0.2) is 36.4 Å². The molecule has 0 saturated heterocycles. The van der Waals surface area contributed by atoms with Crippen LogP contribution in [0.5, 0.6) is 5.75 Å². The summed E-state index contributed by atoms with van der Waals surface area (Å²) >= 11 is 11.7. The van der Waals surface area contributed by atoms with Crippen LogP contribution >= 0.6 is 23.2 Å². The first-order valence-electron chi connectivity index (χ1n) is 5.82. The van der Waals surface area contributed by atoms with E-state index in [-0.39, 0.29) is 28.5 Å². The van der Waals surface area contributed by atoms with E-state index < -0.39 is 11.6 Å². The van der Waals surface area contributed by atoms with Crippen LogP contribution in [0.4, 0.5) is 4.39 Å². The lowest BCUT2D eigenvalue weighted by Gasteiger charge is -2.08. The molecule has 0 bridgehead atoms. The normalized spacial score (nSPS) is 10.0. The number of carbonyl (C=O) groups is 1. The Kier molecular flexibility index (Phi) is 4.79. The quantitative estimate of drug-likeness (QED) is 0.789. The van der Waals surface area contributed by atoms with Crippen molar-refractivity contribution < 1.29 is 13.9 Å². The predicted molar refractivity (Wildman–Crippen MR) is 77.4 cm³/mol. The van der Waals surface area contributed by atoms with E-state index in [9.17, 15) is 9.18 Å². The SMILES string of the molecule is N#Cc1c(F)cccc1OCC(=O)c1cc(Cl)ccc1Cl. The molecule has 106 valence electrons. The molecule has 0 amide bonds. The second-order valence-electron chi connectivity index (χ2n) is 4.06. The van der Waals surface area contributed by atoms with Crippen molar-refractivity contribution in [2.75, 3.05) is 6.61 Å². The minimum absolute atomic E-state index is 0.00370. The molecule has 0 aliphatic rings. The minimum Gasteiger partial charge on any atom is -0.484 e. The predicted octanol–water partition coefficient (Wildman–Crippen LogP) is 4.27. The summed E-state index contributed by atoms with van der Waals surface area (Å²) in [4.78, 5) is 12.0. The fraction of sp³-hybridized carbons (Fsp3) is 0.0667. The number of hydrogen-bond donors (Lipinski definition) is 0. The average molecular weight is 324 g/mol. The van der Waals surface area contributed by atoms with Crippen LogP contribution in [0.2, 0.25) is 10.0 Å². The molecule has 0 heterocycles. The first-order chi connectivity index (χ1) is 10.0. The van der Waals surface area contributed by atoms with E-state index in [1.54, 1.807) is 12.1 Å². The molecule has 0 N–H and O–H groups in total. The van der Waals surface area contributed by atoms with Crippen LogP contribution in [-0.2, 0) is 0 Å². The molecule has 0 aliphatic carbocycles. The Morgan fingerprint density at radius 3 is 2.76 bits per heavy atom.